The van der Waals surface area contributed by atoms with Gasteiger partial charge in [-0.15, -0.1) is 0 Å². The van der Waals surface area contributed by atoms with Gasteiger partial charge in [-0.2, -0.15) is 0 Å². The molecule has 0 fully saturated rings. The van der Waals surface area contributed by atoms with Gasteiger partial charge in [0.1, 0.15) is 5.58 Å². The van der Waals surface area contributed by atoms with Crippen LogP contribution in [0.1, 0.15) is 36.1 Å². The van der Waals surface area contributed by atoms with Crippen LogP contribution in [0, 0.1) is 6.85 Å². The number of hydrogen-bond donors (Lipinski definition) is 0. The van der Waals surface area contributed by atoms with Gasteiger partial charge in [0.05, 0.1) is 5.69 Å². The number of benzene rings is 2. The van der Waals surface area contributed by atoms with E-state index in [1.54, 1.807) is 6.07 Å². The van der Waals surface area contributed by atoms with Crippen LogP contribution in [0.15, 0.2) is 77.3 Å². The number of pyridine rings is 2. The van der Waals surface area contributed by atoms with Gasteiger partial charge in [-0.1, -0.05) is 63.2 Å². The van der Waals surface area contributed by atoms with E-state index in [4.69, 9.17) is 13.5 Å². The monoisotopic (exact) mass is 395 g/mol. The lowest BCUT2D eigenvalue weighted by Crippen LogP contribution is -2.10. The maximum absolute atomic E-state index is 7.62. The molecule has 30 heavy (non-hydrogen) atoms. The first-order valence-electron chi connectivity index (χ1n) is 11.5. The van der Waals surface area contributed by atoms with Crippen LogP contribution < -0.4 is 0 Å². The van der Waals surface area contributed by atoms with E-state index in [-0.39, 0.29) is 11.1 Å². The first kappa shape index (κ1) is 15.4. The van der Waals surface area contributed by atoms with Crippen molar-refractivity contribution in [2.45, 2.75) is 33.0 Å². The molecule has 0 unspecified atom stereocenters. The molecule has 0 radical (unpaired) electrons. The third kappa shape index (κ3) is 3.17. The standard InChI is InChI=1S/C27H24N2O/c1-17-11-13-22-21-9-6-10-23(25(21)30-26(22)29-17)24-14-12-19(16-28-24)18-7-5-8-20(15-18)27(2,3)4/h5-16H,1-4H3/i1D3. The van der Waals surface area contributed by atoms with E-state index in [1.165, 1.54) is 11.6 Å². The zero-order valence-electron chi connectivity index (χ0n) is 20.2. The normalized spacial score (nSPS) is 13.9. The molecule has 3 nitrogen and oxygen atoms in total. The van der Waals surface area contributed by atoms with Crippen LogP contribution in [-0.4, -0.2) is 9.97 Å². The van der Waals surface area contributed by atoms with E-state index in [1.807, 2.05) is 30.5 Å². The van der Waals surface area contributed by atoms with Gasteiger partial charge in [-0.25, -0.2) is 4.98 Å². The third-order valence-corrected chi connectivity index (χ3v) is 5.47. The number of hydrogen-bond acceptors (Lipinski definition) is 3. The minimum atomic E-state index is -2.28. The van der Waals surface area contributed by atoms with E-state index in [0.717, 1.165) is 33.2 Å². The van der Waals surface area contributed by atoms with Crippen LogP contribution in [-0.2, 0) is 5.41 Å². The number of para-hydroxylation sites is 1. The van der Waals surface area contributed by atoms with Crippen molar-refractivity contribution in [2.75, 3.05) is 0 Å². The molecule has 0 atom stereocenters. The summed E-state index contributed by atoms with van der Waals surface area (Å²) >= 11 is 0. The fourth-order valence-corrected chi connectivity index (χ4v) is 3.77. The summed E-state index contributed by atoms with van der Waals surface area (Å²) in [5.74, 6) is 0. The van der Waals surface area contributed by atoms with Crippen molar-refractivity contribution in [1.82, 2.24) is 9.97 Å². The van der Waals surface area contributed by atoms with Crippen LogP contribution in [0.5, 0.6) is 0 Å². The highest BCUT2D eigenvalue weighted by atomic mass is 16.3. The van der Waals surface area contributed by atoms with Crippen molar-refractivity contribution >= 4 is 22.1 Å². The second-order valence-corrected chi connectivity index (χ2v) is 8.60. The van der Waals surface area contributed by atoms with Gasteiger partial charge in [-0.3, -0.25) is 4.98 Å². The molecule has 0 bridgehead atoms. The molecule has 0 saturated carbocycles. The van der Waals surface area contributed by atoms with E-state index in [0.29, 0.717) is 11.3 Å². The van der Waals surface area contributed by atoms with Gasteiger partial charge in [0.25, 0.3) is 0 Å². The Labute approximate surface area is 180 Å². The van der Waals surface area contributed by atoms with Crippen LogP contribution in [0.3, 0.4) is 0 Å². The minimum Gasteiger partial charge on any atom is -0.437 e. The Hall–Kier alpha value is -3.46. The van der Waals surface area contributed by atoms with Gasteiger partial charge < -0.3 is 4.42 Å². The highest BCUT2D eigenvalue weighted by Crippen LogP contribution is 2.35. The number of aryl methyl sites for hydroxylation is 1. The van der Waals surface area contributed by atoms with Crippen LogP contribution in [0.4, 0.5) is 0 Å². The van der Waals surface area contributed by atoms with Crippen molar-refractivity contribution in [3.8, 4) is 22.4 Å². The zero-order chi connectivity index (χ0) is 23.4. The average Bonchev–Trinajstić information content (AvgIpc) is 3.16. The van der Waals surface area contributed by atoms with Crippen LogP contribution in [0.2, 0.25) is 0 Å². The molecule has 2 aromatic carbocycles. The topological polar surface area (TPSA) is 38.9 Å². The molecule has 0 N–H and O–H groups in total. The summed E-state index contributed by atoms with van der Waals surface area (Å²) in [4.78, 5) is 8.97. The van der Waals surface area contributed by atoms with Crippen molar-refractivity contribution in [3.05, 3.63) is 84.2 Å². The molecule has 0 amide bonds. The molecule has 0 spiro atoms. The Morgan fingerprint density at radius 2 is 1.73 bits per heavy atom. The second kappa shape index (κ2) is 6.81. The number of furan rings is 1. The Morgan fingerprint density at radius 3 is 2.50 bits per heavy atom. The zero-order valence-corrected chi connectivity index (χ0v) is 17.2. The lowest BCUT2D eigenvalue weighted by Gasteiger charge is -2.19. The fraction of sp³-hybridized carbons (Fsp3) is 0.185. The smallest absolute Gasteiger partial charge is 0.227 e. The minimum absolute atomic E-state index is 0.0237. The lowest BCUT2D eigenvalue weighted by molar-refractivity contribution is 0.590. The maximum Gasteiger partial charge on any atom is 0.227 e. The van der Waals surface area contributed by atoms with Crippen molar-refractivity contribution in [3.63, 3.8) is 0 Å². The quantitative estimate of drug-likeness (QED) is 0.314. The predicted molar refractivity (Wildman–Crippen MR) is 124 cm³/mol. The molecule has 148 valence electrons. The Kier molecular flexibility index (Phi) is 3.49. The summed E-state index contributed by atoms with van der Waals surface area (Å²) in [6.45, 7) is 4.34. The Balaban J connectivity index is 1.57. The summed E-state index contributed by atoms with van der Waals surface area (Å²) in [7, 11) is 0. The molecule has 3 aromatic heterocycles. The summed E-state index contributed by atoms with van der Waals surface area (Å²) in [6.07, 6.45) is 1.88. The highest BCUT2D eigenvalue weighted by molar-refractivity contribution is 6.08. The van der Waals surface area contributed by atoms with Crippen LogP contribution >= 0.6 is 0 Å². The maximum atomic E-state index is 7.62. The molecule has 0 aliphatic rings. The van der Waals surface area contributed by atoms with Crippen molar-refractivity contribution < 1.29 is 8.53 Å². The molecule has 3 heterocycles. The Morgan fingerprint density at radius 1 is 0.867 bits per heavy atom. The predicted octanol–water partition coefficient (Wildman–Crippen LogP) is 7.32. The van der Waals surface area contributed by atoms with Crippen LogP contribution in [0.25, 0.3) is 44.5 Å². The number of nitrogens with zero attached hydrogens (tertiary/aromatic N) is 2. The first-order valence-corrected chi connectivity index (χ1v) is 10.0. The summed E-state index contributed by atoms with van der Waals surface area (Å²) in [6, 6.07) is 21.8. The third-order valence-electron chi connectivity index (χ3n) is 5.47. The molecule has 0 saturated heterocycles. The summed E-state index contributed by atoms with van der Waals surface area (Å²) in [5.41, 5.74) is 6.15. The fourth-order valence-electron chi connectivity index (χ4n) is 3.77. The van der Waals surface area contributed by atoms with Crippen molar-refractivity contribution in [1.29, 1.82) is 0 Å². The second-order valence-electron chi connectivity index (χ2n) is 8.60. The van der Waals surface area contributed by atoms with E-state index >= 15 is 0 Å². The molecule has 0 aliphatic heterocycles. The van der Waals surface area contributed by atoms with Gasteiger partial charge in [-0.05, 0) is 47.7 Å². The highest BCUT2D eigenvalue weighted by Gasteiger charge is 2.15. The molecule has 3 heteroatoms. The molecule has 5 aromatic rings. The van der Waals surface area contributed by atoms with E-state index in [9.17, 15) is 0 Å². The Bertz CT molecular complexity index is 1480. The van der Waals surface area contributed by atoms with Crippen molar-refractivity contribution in [2.24, 2.45) is 0 Å². The van der Waals surface area contributed by atoms with Gasteiger partial charge in [0.2, 0.25) is 5.71 Å². The number of aromatic nitrogens is 2. The molecule has 0 aliphatic carbocycles. The largest absolute Gasteiger partial charge is 0.437 e. The summed E-state index contributed by atoms with van der Waals surface area (Å²) in [5, 5.41) is 1.67. The number of rotatable bonds is 2. The summed E-state index contributed by atoms with van der Waals surface area (Å²) < 4.78 is 28.9. The first-order chi connectivity index (χ1) is 15.6. The molecule has 5 rings (SSSR count). The average molecular weight is 396 g/mol. The molecular weight excluding hydrogens is 368 g/mol. The van der Waals surface area contributed by atoms with Gasteiger partial charge in [0, 0.05) is 37.9 Å². The van der Waals surface area contributed by atoms with Gasteiger partial charge in [0.15, 0.2) is 0 Å². The lowest BCUT2D eigenvalue weighted by atomic mass is 9.85. The van der Waals surface area contributed by atoms with E-state index in [2.05, 4.69) is 56.1 Å². The van der Waals surface area contributed by atoms with E-state index < -0.39 is 6.85 Å². The van der Waals surface area contributed by atoms with Gasteiger partial charge >= 0.3 is 0 Å². The molecular formula is C27H24N2O. The number of fused-ring (bicyclic) bond motifs is 3. The SMILES string of the molecule is [2H]C([2H])([2H])c1ccc2c(n1)oc1c(-c3ccc(-c4cccc(C(C)(C)C)c4)cn3)cccc12.